The molecule has 13 nitrogen and oxygen atoms in total. The second-order valence-corrected chi connectivity index (χ2v) is 17.3. The van der Waals surface area contributed by atoms with Gasteiger partial charge >= 0.3 is 0 Å². The summed E-state index contributed by atoms with van der Waals surface area (Å²) in [4.78, 5) is 12.4. The van der Waals surface area contributed by atoms with Gasteiger partial charge in [0.25, 0.3) is 0 Å². The van der Waals surface area contributed by atoms with Crippen LogP contribution in [0.2, 0.25) is 0 Å². The van der Waals surface area contributed by atoms with Crippen LogP contribution < -0.4 is 0 Å². The molecule has 2 saturated heterocycles. The highest BCUT2D eigenvalue weighted by Gasteiger charge is 2.63. The summed E-state index contributed by atoms with van der Waals surface area (Å²) in [6, 6.07) is 0. The van der Waals surface area contributed by atoms with Crippen LogP contribution in [-0.2, 0) is 23.7 Å². The van der Waals surface area contributed by atoms with E-state index in [2.05, 4.69) is 20.8 Å². The summed E-state index contributed by atoms with van der Waals surface area (Å²) in [6.07, 6.45) is -5.25. The topological polar surface area (TPSA) is 216 Å². The van der Waals surface area contributed by atoms with Gasteiger partial charge in [-0.2, -0.15) is 0 Å². The number of ether oxygens (including phenoxy) is 4. The molecule has 0 radical (unpaired) electrons. The first-order chi connectivity index (χ1) is 24.1. The van der Waals surface area contributed by atoms with E-state index in [4.69, 9.17) is 18.9 Å². The van der Waals surface area contributed by atoms with Gasteiger partial charge in [-0.25, -0.2) is 0 Å². The molecule has 4 aliphatic carbocycles. The lowest BCUT2D eigenvalue weighted by Crippen LogP contribution is -2.63. The fourth-order valence-electron chi connectivity index (χ4n) is 11.3. The Labute approximate surface area is 300 Å². The van der Waals surface area contributed by atoms with Gasteiger partial charge in [0.05, 0.1) is 25.4 Å². The number of hydrogen-bond donors (Lipinski definition) is 8. The Morgan fingerprint density at radius 1 is 0.902 bits per heavy atom. The summed E-state index contributed by atoms with van der Waals surface area (Å²) in [5.74, 6) is 1.09. The van der Waals surface area contributed by atoms with Crippen LogP contribution in [0.15, 0.2) is 11.6 Å². The first-order valence-corrected chi connectivity index (χ1v) is 19.3. The van der Waals surface area contributed by atoms with E-state index in [9.17, 15) is 45.6 Å². The predicted octanol–water partition coefficient (Wildman–Crippen LogP) is 0.798. The zero-order chi connectivity index (χ0) is 37.0. The molecule has 8 N–H and O–H groups in total. The molecular formula is C38H62O13. The minimum atomic E-state index is -1.72. The largest absolute Gasteiger partial charge is 0.396 e. The van der Waals surface area contributed by atoms with Gasteiger partial charge < -0.3 is 59.8 Å². The SMILES string of the molecule is C[C@H](CO)CC[C@@H](O)[C@@H](C)[C@H]1[C@@H](O[C@@H]2OC[C@@H](O)[C@H](O[C@@H]3O[C@H](CO)[C@@H](O)[C@H](O)[C@H]3O)[C@H]2O)C[C@H]2[C@@H]3CCC4=CC(=O)CC[C@]4(C)[C@H]3CC[C@]12C. The number of allylic oxidation sites excluding steroid dienone is 1. The van der Waals surface area contributed by atoms with E-state index >= 15 is 0 Å². The molecular weight excluding hydrogens is 664 g/mol. The third-order valence-electron chi connectivity index (χ3n) is 14.4. The van der Waals surface area contributed by atoms with E-state index in [1.165, 1.54) is 5.57 Å². The molecule has 2 heterocycles. The molecule has 6 rings (SSSR count). The maximum absolute atomic E-state index is 12.4. The Morgan fingerprint density at radius 2 is 1.65 bits per heavy atom. The fraction of sp³-hybridized carbons (Fsp3) is 0.921. The molecule has 19 atom stereocenters. The van der Waals surface area contributed by atoms with Crippen LogP contribution >= 0.6 is 0 Å². The average Bonchev–Trinajstić information content (AvgIpc) is 3.41. The van der Waals surface area contributed by atoms with Crippen LogP contribution in [-0.4, -0.2) is 134 Å². The number of rotatable bonds is 11. The van der Waals surface area contributed by atoms with Gasteiger partial charge in [0.2, 0.25) is 0 Å². The highest BCUT2D eigenvalue weighted by atomic mass is 16.7. The first-order valence-electron chi connectivity index (χ1n) is 19.3. The third-order valence-corrected chi connectivity index (χ3v) is 14.4. The Kier molecular flexibility index (Phi) is 12.1. The summed E-state index contributed by atoms with van der Waals surface area (Å²) in [5, 5.41) is 84.4. The molecule has 5 fully saturated rings. The van der Waals surface area contributed by atoms with E-state index in [0.717, 1.165) is 32.1 Å². The number of carbonyl (C=O) groups excluding carboxylic acids is 1. The van der Waals surface area contributed by atoms with Gasteiger partial charge in [-0.1, -0.05) is 33.3 Å². The number of carbonyl (C=O) groups is 1. The highest BCUT2D eigenvalue weighted by molar-refractivity contribution is 5.91. The minimum Gasteiger partial charge on any atom is -0.396 e. The fourth-order valence-corrected chi connectivity index (χ4v) is 11.3. The van der Waals surface area contributed by atoms with Crippen molar-refractivity contribution >= 4 is 5.78 Å². The monoisotopic (exact) mass is 726 g/mol. The van der Waals surface area contributed by atoms with E-state index in [1.54, 1.807) is 0 Å². The van der Waals surface area contributed by atoms with Gasteiger partial charge in [0, 0.05) is 13.0 Å². The summed E-state index contributed by atoms with van der Waals surface area (Å²) in [6.45, 7) is 7.84. The molecule has 292 valence electrons. The van der Waals surface area contributed by atoms with Crippen LogP contribution in [0.25, 0.3) is 0 Å². The van der Waals surface area contributed by atoms with Crippen LogP contribution in [0.3, 0.4) is 0 Å². The second kappa shape index (κ2) is 15.6. The maximum Gasteiger partial charge on any atom is 0.187 e. The Morgan fingerprint density at radius 3 is 2.35 bits per heavy atom. The number of fused-ring (bicyclic) bond motifs is 5. The number of ketones is 1. The van der Waals surface area contributed by atoms with E-state index in [-0.39, 0.29) is 53.5 Å². The van der Waals surface area contributed by atoms with Gasteiger partial charge in [-0.05, 0) is 104 Å². The molecule has 13 heteroatoms. The second-order valence-electron chi connectivity index (χ2n) is 17.3. The van der Waals surface area contributed by atoms with E-state index in [1.807, 2.05) is 13.0 Å². The van der Waals surface area contributed by atoms with Crippen molar-refractivity contribution in [3.63, 3.8) is 0 Å². The lowest BCUT2D eigenvalue weighted by Gasteiger charge is -2.58. The lowest BCUT2D eigenvalue weighted by molar-refractivity contribution is -0.352. The Balaban J connectivity index is 1.24. The number of aliphatic hydroxyl groups is 8. The van der Waals surface area contributed by atoms with Crippen LogP contribution in [0.1, 0.15) is 85.5 Å². The van der Waals surface area contributed by atoms with Crippen molar-refractivity contribution in [1.82, 2.24) is 0 Å². The number of aliphatic hydroxyl groups excluding tert-OH is 8. The van der Waals surface area contributed by atoms with E-state index in [0.29, 0.717) is 37.5 Å². The van der Waals surface area contributed by atoms with Crippen molar-refractivity contribution in [2.24, 2.45) is 46.3 Å². The molecule has 6 aliphatic rings. The number of hydrogen-bond acceptors (Lipinski definition) is 13. The van der Waals surface area contributed by atoms with Gasteiger partial charge in [0.1, 0.15) is 42.7 Å². The van der Waals surface area contributed by atoms with Crippen LogP contribution in [0.4, 0.5) is 0 Å². The molecule has 51 heavy (non-hydrogen) atoms. The summed E-state index contributed by atoms with van der Waals surface area (Å²) >= 11 is 0. The lowest BCUT2D eigenvalue weighted by atomic mass is 9.46. The predicted molar refractivity (Wildman–Crippen MR) is 182 cm³/mol. The average molecular weight is 727 g/mol. The quantitative estimate of drug-likeness (QED) is 0.148. The standard InChI is InChI=1S/C38H62O13/c1-18(15-39)5-8-25(42)19(2)29-27(14-24-22-7-6-20-13-21(41)9-11-37(20,3)23(22)10-12-38(24,29)4)49-35-33(47)34(26(43)17-48-35)51-36-32(46)31(45)30(44)28(16-40)50-36/h13,18-19,22-36,39-40,42-47H,5-12,14-17H2,1-4H3/t18-,19+,22+,23-,24-,25+,26+,27-,28+,29-,30+,31-,32+,33+,34-,35-,36-,37-,38-/m0/s1. The molecule has 0 aromatic carbocycles. The van der Waals surface area contributed by atoms with Crippen molar-refractivity contribution in [3.05, 3.63) is 11.6 Å². The molecule has 0 amide bonds. The Hall–Kier alpha value is -1.07. The normalized spacial score (nSPS) is 48.9. The zero-order valence-electron chi connectivity index (χ0n) is 30.5. The molecule has 0 aromatic heterocycles. The summed E-state index contributed by atoms with van der Waals surface area (Å²) in [7, 11) is 0. The molecule has 3 saturated carbocycles. The van der Waals surface area contributed by atoms with Crippen molar-refractivity contribution in [2.45, 2.75) is 153 Å². The Bertz CT molecular complexity index is 1250. The zero-order valence-corrected chi connectivity index (χ0v) is 30.5. The summed E-state index contributed by atoms with van der Waals surface area (Å²) < 4.78 is 24.0. The molecule has 2 aliphatic heterocycles. The van der Waals surface area contributed by atoms with Crippen LogP contribution in [0, 0.1) is 46.3 Å². The van der Waals surface area contributed by atoms with Gasteiger partial charge in [-0.15, -0.1) is 0 Å². The van der Waals surface area contributed by atoms with E-state index < -0.39 is 74.1 Å². The molecule has 0 aromatic rings. The molecule has 0 unspecified atom stereocenters. The van der Waals surface area contributed by atoms with Gasteiger partial charge in [-0.3, -0.25) is 4.79 Å². The maximum atomic E-state index is 12.4. The highest BCUT2D eigenvalue weighted by Crippen LogP contribution is 2.68. The summed E-state index contributed by atoms with van der Waals surface area (Å²) in [5.41, 5.74) is 1.07. The van der Waals surface area contributed by atoms with Crippen molar-refractivity contribution in [1.29, 1.82) is 0 Å². The minimum absolute atomic E-state index is 0.0219. The molecule has 0 spiro atoms. The van der Waals surface area contributed by atoms with Gasteiger partial charge in [0.15, 0.2) is 18.4 Å². The molecule has 0 bridgehead atoms. The van der Waals surface area contributed by atoms with Crippen molar-refractivity contribution < 1.29 is 64.6 Å². The van der Waals surface area contributed by atoms with Crippen molar-refractivity contribution in [2.75, 3.05) is 19.8 Å². The van der Waals surface area contributed by atoms with Crippen LogP contribution in [0.5, 0.6) is 0 Å². The first kappa shape index (κ1) is 39.6. The van der Waals surface area contributed by atoms with Crippen molar-refractivity contribution in [3.8, 4) is 0 Å². The smallest absolute Gasteiger partial charge is 0.187 e. The third kappa shape index (κ3) is 7.25.